The molecule has 1 fully saturated rings. The van der Waals surface area contributed by atoms with E-state index in [1.54, 1.807) is 0 Å². The third kappa shape index (κ3) is 4.41. The van der Waals surface area contributed by atoms with Crippen molar-refractivity contribution in [2.24, 2.45) is 0 Å². The Morgan fingerprint density at radius 3 is 2.42 bits per heavy atom. The number of allylic oxidation sites excluding steroid dienone is 2. The molecule has 1 amide bonds. The number of carbonyl (C=O) groups is 1. The zero-order chi connectivity index (χ0) is 22.0. The van der Waals surface area contributed by atoms with E-state index in [4.69, 9.17) is 5.26 Å². The van der Waals surface area contributed by atoms with Crippen molar-refractivity contribution in [2.75, 3.05) is 18.0 Å². The molecule has 0 spiro atoms. The first-order chi connectivity index (χ1) is 15.0. The van der Waals surface area contributed by atoms with Gasteiger partial charge in [-0.15, -0.1) is 0 Å². The number of anilines is 1. The maximum Gasteiger partial charge on any atom is 0.253 e. The summed E-state index contributed by atoms with van der Waals surface area (Å²) in [6.07, 6.45) is 8.36. The predicted octanol–water partition coefficient (Wildman–Crippen LogP) is 5.56. The van der Waals surface area contributed by atoms with Gasteiger partial charge in [-0.25, -0.2) is 0 Å². The minimum atomic E-state index is 0.111. The first-order valence-electron chi connectivity index (χ1n) is 11.0. The van der Waals surface area contributed by atoms with Crippen molar-refractivity contribution in [3.05, 3.63) is 88.6 Å². The summed E-state index contributed by atoms with van der Waals surface area (Å²) in [5.74, 6) is 0.555. The van der Waals surface area contributed by atoms with Crippen LogP contribution in [0.15, 0.2) is 66.4 Å². The van der Waals surface area contributed by atoms with Crippen LogP contribution in [-0.2, 0) is 0 Å². The highest BCUT2D eigenvalue weighted by atomic mass is 16.2. The number of piperidine rings is 1. The van der Waals surface area contributed by atoms with Crippen molar-refractivity contribution in [1.82, 2.24) is 4.90 Å². The van der Waals surface area contributed by atoms with E-state index >= 15 is 0 Å². The fourth-order valence-corrected chi connectivity index (χ4v) is 4.60. The number of hydrogen-bond acceptors (Lipinski definition) is 3. The van der Waals surface area contributed by atoms with E-state index in [0.29, 0.717) is 11.5 Å². The van der Waals surface area contributed by atoms with Crippen molar-refractivity contribution >= 4 is 11.6 Å². The number of rotatable bonds is 3. The van der Waals surface area contributed by atoms with Crippen LogP contribution in [0.2, 0.25) is 0 Å². The molecule has 0 saturated carbocycles. The Labute approximate surface area is 185 Å². The summed E-state index contributed by atoms with van der Waals surface area (Å²) in [6, 6.07) is 16.3. The van der Waals surface area contributed by atoms with Crippen LogP contribution < -0.4 is 4.90 Å². The van der Waals surface area contributed by atoms with Gasteiger partial charge in [-0.3, -0.25) is 4.79 Å². The summed E-state index contributed by atoms with van der Waals surface area (Å²) >= 11 is 0. The van der Waals surface area contributed by atoms with Gasteiger partial charge in [0.1, 0.15) is 0 Å². The maximum absolute atomic E-state index is 13.2. The Morgan fingerprint density at radius 2 is 1.77 bits per heavy atom. The van der Waals surface area contributed by atoms with Crippen LogP contribution in [0.4, 0.5) is 5.69 Å². The molecule has 4 rings (SSSR count). The van der Waals surface area contributed by atoms with E-state index in [9.17, 15) is 4.79 Å². The fraction of sp³-hybridized carbons (Fsp3) is 0.333. The molecule has 1 unspecified atom stereocenters. The lowest BCUT2D eigenvalue weighted by Crippen LogP contribution is -2.38. The van der Waals surface area contributed by atoms with Crippen LogP contribution in [0, 0.1) is 18.3 Å². The van der Waals surface area contributed by atoms with Gasteiger partial charge in [0, 0.05) is 36.6 Å². The van der Waals surface area contributed by atoms with Crippen LogP contribution in [0.25, 0.3) is 0 Å². The third-order valence-corrected chi connectivity index (χ3v) is 6.47. The van der Waals surface area contributed by atoms with Gasteiger partial charge in [0.25, 0.3) is 5.91 Å². The summed E-state index contributed by atoms with van der Waals surface area (Å²) in [7, 11) is 0. The highest BCUT2D eigenvalue weighted by molar-refractivity contribution is 5.95. The zero-order valence-corrected chi connectivity index (χ0v) is 18.5. The second-order valence-electron chi connectivity index (χ2n) is 8.68. The molecule has 0 N–H and O–H groups in total. The smallest absolute Gasteiger partial charge is 0.253 e. The average molecular weight is 412 g/mol. The molecule has 2 aromatic rings. The number of amides is 1. The molecule has 2 heterocycles. The number of hydrogen-bond donors (Lipinski definition) is 0. The lowest BCUT2D eigenvalue weighted by atomic mass is 9.89. The molecule has 4 nitrogen and oxygen atoms in total. The first-order valence-corrected chi connectivity index (χ1v) is 11.0. The standard InChI is InChI=1S/C27H29N3O/c1-19-10-15-30(21(3)16-19)26-17-25(7-4-20(26)2)27(31)29-13-11-24(12-14-29)23-8-5-22(18-28)6-9-23/h4-10,15-17,21,24H,11-14H2,1-3H3. The topological polar surface area (TPSA) is 47.3 Å². The Morgan fingerprint density at radius 1 is 1.06 bits per heavy atom. The van der Waals surface area contributed by atoms with Gasteiger partial charge in [0.05, 0.1) is 11.6 Å². The molecule has 0 bridgehead atoms. The normalized spacial score (nSPS) is 19.2. The first kappa shape index (κ1) is 20.9. The molecular formula is C27H29N3O. The number of nitriles is 1. The molecule has 4 heteroatoms. The summed E-state index contributed by atoms with van der Waals surface area (Å²) in [4.78, 5) is 17.5. The average Bonchev–Trinajstić information content (AvgIpc) is 2.79. The van der Waals surface area contributed by atoms with Gasteiger partial charge in [0.2, 0.25) is 0 Å². The van der Waals surface area contributed by atoms with Gasteiger partial charge in [-0.2, -0.15) is 5.26 Å². The van der Waals surface area contributed by atoms with E-state index in [0.717, 1.165) is 37.2 Å². The number of nitrogens with zero attached hydrogens (tertiary/aromatic N) is 3. The second kappa shape index (κ2) is 8.81. The lowest BCUT2D eigenvalue weighted by molar-refractivity contribution is 0.0713. The molecular weight excluding hydrogens is 382 g/mol. The molecule has 0 aliphatic carbocycles. The van der Waals surface area contributed by atoms with Gasteiger partial charge in [-0.1, -0.05) is 29.8 Å². The summed E-state index contributed by atoms with van der Waals surface area (Å²) in [5, 5.41) is 8.99. The minimum absolute atomic E-state index is 0.111. The zero-order valence-electron chi connectivity index (χ0n) is 18.5. The molecule has 2 aliphatic heterocycles. The van der Waals surface area contributed by atoms with Gasteiger partial charge in [0.15, 0.2) is 0 Å². The number of carbonyl (C=O) groups excluding carboxylic acids is 1. The SMILES string of the molecule is CC1=CC(C)N(c2cc(C(=O)N3CCC(c4ccc(C#N)cc4)CC3)ccc2C)C=C1. The summed E-state index contributed by atoms with van der Waals surface area (Å²) in [6.45, 7) is 7.90. The third-order valence-electron chi connectivity index (χ3n) is 6.47. The van der Waals surface area contributed by atoms with E-state index in [1.807, 2.05) is 29.2 Å². The van der Waals surface area contributed by atoms with Gasteiger partial charge >= 0.3 is 0 Å². The summed E-state index contributed by atoms with van der Waals surface area (Å²) in [5.41, 5.74) is 6.22. The molecule has 2 aromatic carbocycles. The molecule has 0 aromatic heterocycles. The van der Waals surface area contributed by atoms with Gasteiger partial charge < -0.3 is 9.80 Å². The van der Waals surface area contributed by atoms with Crippen LogP contribution in [0.1, 0.15) is 59.7 Å². The van der Waals surface area contributed by atoms with Gasteiger partial charge in [-0.05, 0) is 81.0 Å². The van der Waals surface area contributed by atoms with E-state index in [1.165, 1.54) is 16.7 Å². The molecule has 1 saturated heterocycles. The van der Waals surface area contributed by atoms with Crippen molar-refractivity contribution in [2.45, 2.75) is 45.6 Å². The number of likely N-dealkylation sites (tertiary alicyclic amines) is 1. The molecule has 0 radical (unpaired) electrons. The van der Waals surface area contributed by atoms with Crippen molar-refractivity contribution in [1.29, 1.82) is 5.26 Å². The second-order valence-corrected chi connectivity index (χ2v) is 8.68. The van der Waals surface area contributed by atoms with E-state index in [2.05, 4.69) is 68.3 Å². The number of aryl methyl sites for hydroxylation is 1. The fourth-order valence-electron chi connectivity index (χ4n) is 4.60. The molecule has 1 atom stereocenters. The molecule has 158 valence electrons. The lowest BCUT2D eigenvalue weighted by Gasteiger charge is -2.33. The molecule has 31 heavy (non-hydrogen) atoms. The Bertz CT molecular complexity index is 1070. The van der Waals surface area contributed by atoms with Crippen LogP contribution >= 0.6 is 0 Å². The maximum atomic E-state index is 13.2. The van der Waals surface area contributed by atoms with Crippen molar-refractivity contribution in [3.63, 3.8) is 0 Å². The highest BCUT2D eigenvalue weighted by Gasteiger charge is 2.25. The Hall–Kier alpha value is -3.32. The van der Waals surface area contributed by atoms with Crippen LogP contribution in [-0.4, -0.2) is 29.9 Å². The predicted molar refractivity (Wildman–Crippen MR) is 125 cm³/mol. The quantitative estimate of drug-likeness (QED) is 0.665. The minimum Gasteiger partial charge on any atom is -0.341 e. The van der Waals surface area contributed by atoms with Crippen LogP contribution in [0.3, 0.4) is 0 Å². The van der Waals surface area contributed by atoms with E-state index < -0.39 is 0 Å². The van der Waals surface area contributed by atoms with Crippen molar-refractivity contribution in [3.8, 4) is 6.07 Å². The Kier molecular flexibility index (Phi) is 5.95. The van der Waals surface area contributed by atoms with Crippen molar-refractivity contribution < 1.29 is 4.79 Å². The highest BCUT2D eigenvalue weighted by Crippen LogP contribution is 2.31. The van der Waals surface area contributed by atoms with E-state index in [-0.39, 0.29) is 11.9 Å². The van der Waals surface area contributed by atoms with Crippen LogP contribution in [0.5, 0.6) is 0 Å². The number of benzene rings is 2. The monoisotopic (exact) mass is 411 g/mol. The largest absolute Gasteiger partial charge is 0.341 e. The Balaban J connectivity index is 1.45. The molecule has 2 aliphatic rings. The summed E-state index contributed by atoms with van der Waals surface area (Å²) < 4.78 is 0.